The monoisotopic (exact) mass is 249 g/mol. The van der Waals surface area contributed by atoms with Crippen molar-refractivity contribution in [2.45, 2.75) is 51.5 Å². The van der Waals surface area contributed by atoms with E-state index in [9.17, 15) is 5.11 Å². The number of aliphatic hydroxyl groups excluding tert-OH is 1. The van der Waals surface area contributed by atoms with Gasteiger partial charge in [-0.3, -0.25) is 0 Å². The summed E-state index contributed by atoms with van der Waals surface area (Å²) in [5, 5.41) is 13.4. The molecule has 0 saturated heterocycles. The number of hydrogen-bond acceptors (Lipinski definition) is 2. The molecule has 4 atom stereocenters. The first-order valence-corrected chi connectivity index (χ1v) is 7.75. The minimum absolute atomic E-state index is 0.196. The summed E-state index contributed by atoms with van der Waals surface area (Å²) in [4.78, 5) is 0. The SMILES string of the molecule is CC(NCC1(CO)CCCC1)C1CC2C=CC1C2. The van der Waals surface area contributed by atoms with Crippen LogP contribution in [0.1, 0.15) is 45.4 Å². The summed E-state index contributed by atoms with van der Waals surface area (Å²) in [6.45, 7) is 3.73. The van der Waals surface area contributed by atoms with Gasteiger partial charge in [0.15, 0.2) is 0 Å². The van der Waals surface area contributed by atoms with E-state index in [1.165, 1.54) is 38.5 Å². The van der Waals surface area contributed by atoms with Crippen LogP contribution < -0.4 is 5.32 Å². The maximum atomic E-state index is 9.65. The van der Waals surface area contributed by atoms with Gasteiger partial charge in [0.2, 0.25) is 0 Å². The molecule has 0 radical (unpaired) electrons. The minimum Gasteiger partial charge on any atom is -0.396 e. The van der Waals surface area contributed by atoms with Gasteiger partial charge in [0.05, 0.1) is 0 Å². The summed E-state index contributed by atoms with van der Waals surface area (Å²) < 4.78 is 0. The average molecular weight is 249 g/mol. The fourth-order valence-electron chi connectivity index (χ4n) is 4.44. The first-order chi connectivity index (χ1) is 8.72. The van der Waals surface area contributed by atoms with E-state index in [2.05, 4.69) is 24.4 Å². The highest BCUT2D eigenvalue weighted by Crippen LogP contribution is 2.45. The average Bonchev–Trinajstić information content (AvgIpc) is 3.12. The van der Waals surface area contributed by atoms with Crippen molar-refractivity contribution < 1.29 is 5.11 Å². The summed E-state index contributed by atoms with van der Waals surface area (Å²) in [7, 11) is 0. The standard InChI is InChI=1S/C16H27NO/c1-12(15-9-13-4-5-14(15)8-13)17-10-16(11-18)6-2-3-7-16/h4-5,12-15,17-18H,2-3,6-11H2,1H3. The molecule has 4 unspecified atom stereocenters. The molecule has 2 nitrogen and oxygen atoms in total. The van der Waals surface area contributed by atoms with Gasteiger partial charge >= 0.3 is 0 Å². The van der Waals surface area contributed by atoms with Crippen molar-refractivity contribution in [1.29, 1.82) is 0 Å². The van der Waals surface area contributed by atoms with Crippen molar-refractivity contribution >= 4 is 0 Å². The molecule has 18 heavy (non-hydrogen) atoms. The largest absolute Gasteiger partial charge is 0.396 e. The summed E-state index contributed by atoms with van der Waals surface area (Å²) in [5.74, 6) is 2.52. The summed E-state index contributed by atoms with van der Waals surface area (Å²) in [6.07, 6.45) is 12.6. The van der Waals surface area contributed by atoms with Crippen molar-refractivity contribution in [2.75, 3.05) is 13.2 Å². The summed E-state index contributed by atoms with van der Waals surface area (Å²) >= 11 is 0. The van der Waals surface area contributed by atoms with Crippen LogP contribution in [0.5, 0.6) is 0 Å². The fraction of sp³-hybridized carbons (Fsp3) is 0.875. The molecule has 0 aromatic rings. The van der Waals surface area contributed by atoms with Gasteiger partial charge in [-0.1, -0.05) is 25.0 Å². The van der Waals surface area contributed by atoms with Gasteiger partial charge in [-0.25, -0.2) is 0 Å². The van der Waals surface area contributed by atoms with Crippen LogP contribution in [0.2, 0.25) is 0 Å². The van der Waals surface area contributed by atoms with Crippen LogP contribution in [-0.2, 0) is 0 Å². The van der Waals surface area contributed by atoms with Gasteiger partial charge in [0, 0.05) is 24.6 Å². The maximum Gasteiger partial charge on any atom is 0.0499 e. The van der Waals surface area contributed by atoms with E-state index in [0.29, 0.717) is 12.6 Å². The highest BCUT2D eigenvalue weighted by Gasteiger charge is 2.39. The number of nitrogens with one attached hydrogen (secondary N) is 1. The lowest BCUT2D eigenvalue weighted by Gasteiger charge is -2.32. The molecule has 2 heteroatoms. The van der Waals surface area contributed by atoms with E-state index in [-0.39, 0.29) is 5.41 Å². The predicted octanol–water partition coefficient (Wildman–Crippen LogP) is 2.73. The first-order valence-electron chi connectivity index (χ1n) is 7.75. The van der Waals surface area contributed by atoms with Crippen LogP contribution in [0.25, 0.3) is 0 Å². The van der Waals surface area contributed by atoms with Crippen molar-refractivity contribution in [3.63, 3.8) is 0 Å². The van der Waals surface area contributed by atoms with Crippen molar-refractivity contribution in [2.24, 2.45) is 23.2 Å². The topological polar surface area (TPSA) is 32.3 Å². The van der Waals surface area contributed by atoms with Crippen molar-refractivity contribution in [1.82, 2.24) is 5.32 Å². The Morgan fingerprint density at radius 3 is 2.61 bits per heavy atom. The third kappa shape index (κ3) is 2.25. The molecule has 0 amide bonds. The van der Waals surface area contributed by atoms with Crippen LogP contribution >= 0.6 is 0 Å². The van der Waals surface area contributed by atoms with Crippen LogP contribution in [-0.4, -0.2) is 24.3 Å². The van der Waals surface area contributed by atoms with Crippen LogP contribution in [0.3, 0.4) is 0 Å². The molecule has 0 aliphatic heterocycles. The molecule has 2 saturated carbocycles. The summed E-state index contributed by atoms with van der Waals surface area (Å²) in [5.41, 5.74) is 0.196. The third-order valence-corrected chi connectivity index (χ3v) is 5.77. The van der Waals surface area contributed by atoms with Crippen LogP contribution in [0.15, 0.2) is 12.2 Å². The van der Waals surface area contributed by atoms with E-state index in [1.807, 2.05) is 0 Å². The highest BCUT2D eigenvalue weighted by molar-refractivity contribution is 5.11. The fourth-order valence-corrected chi connectivity index (χ4v) is 4.44. The second kappa shape index (κ2) is 4.97. The van der Waals surface area contributed by atoms with Gasteiger partial charge in [-0.2, -0.15) is 0 Å². The number of aliphatic hydroxyl groups is 1. The molecule has 0 heterocycles. The zero-order valence-corrected chi connectivity index (χ0v) is 11.6. The molecule has 3 aliphatic carbocycles. The van der Waals surface area contributed by atoms with E-state index in [1.54, 1.807) is 0 Å². The maximum absolute atomic E-state index is 9.65. The number of fused-ring (bicyclic) bond motifs is 2. The lowest BCUT2D eigenvalue weighted by atomic mass is 9.84. The Balaban J connectivity index is 1.52. The molecule has 0 spiro atoms. The van der Waals surface area contributed by atoms with Crippen LogP contribution in [0.4, 0.5) is 0 Å². The third-order valence-electron chi connectivity index (χ3n) is 5.77. The van der Waals surface area contributed by atoms with E-state index in [4.69, 9.17) is 0 Å². The molecule has 3 rings (SSSR count). The predicted molar refractivity (Wildman–Crippen MR) is 74.3 cm³/mol. The van der Waals surface area contributed by atoms with Gasteiger partial charge in [0.1, 0.15) is 0 Å². The molecule has 2 N–H and O–H groups in total. The molecule has 0 aromatic heterocycles. The minimum atomic E-state index is 0.196. The van der Waals surface area contributed by atoms with Gasteiger partial charge in [0.25, 0.3) is 0 Å². The van der Waals surface area contributed by atoms with Gasteiger partial charge in [-0.15, -0.1) is 0 Å². The quantitative estimate of drug-likeness (QED) is 0.734. The Labute approximate surface area is 111 Å². The number of hydrogen-bond donors (Lipinski definition) is 2. The highest BCUT2D eigenvalue weighted by atomic mass is 16.3. The van der Waals surface area contributed by atoms with Crippen molar-refractivity contribution in [3.05, 3.63) is 12.2 Å². The molecule has 0 aromatic carbocycles. The number of rotatable bonds is 5. The smallest absolute Gasteiger partial charge is 0.0499 e. The lowest BCUT2D eigenvalue weighted by molar-refractivity contribution is 0.120. The Kier molecular flexibility index (Phi) is 3.50. The second-order valence-corrected chi connectivity index (χ2v) is 6.98. The Bertz CT molecular complexity index is 319. The summed E-state index contributed by atoms with van der Waals surface area (Å²) in [6, 6.07) is 0.606. The molecular formula is C16H27NO. The molecule has 3 aliphatic rings. The molecule has 102 valence electrons. The van der Waals surface area contributed by atoms with Crippen LogP contribution in [0, 0.1) is 23.2 Å². The zero-order chi connectivity index (χ0) is 12.6. The zero-order valence-electron chi connectivity index (χ0n) is 11.6. The second-order valence-electron chi connectivity index (χ2n) is 6.98. The Morgan fingerprint density at radius 2 is 2.06 bits per heavy atom. The lowest BCUT2D eigenvalue weighted by Crippen LogP contribution is -2.43. The van der Waals surface area contributed by atoms with E-state index >= 15 is 0 Å². The number of allylic oxidation sites excluding steroid dienone is 2. The Hall–Kier alpha value is -0.340. The van der Waals surface area contributed by atoms with Crippen molar-refractivity contribution in [3.8, 4) is 0 Å². The molecule has 2 fully saturated rings. The van der Waals surface area contributed by atoms with Gasteiger partial charge in [-0.05, 0) is 50.4 Å². The first kappa shape index (κ1) is 12.7. The molecular weight excluding hydrogens is 222 g/mol. The van der Waals surface area contributed by atoms with Gasteiger partial charge < -0.3 is 10.4 Å². The Morgan fingerprint density at radius 1 is 1.28 bits per heavy atom. The normalized spacial score (nSPS) is 38.4. The molecule has 2 bridgehead atoms. The van der Waals surface area contributed by atoms with E-state index in [0.717, 1.165) is 24.3 Å². The van der Waals surface area contributed by atoms with E-state index < -0.39 is 0 Å².